The minimum Gasteiger partial charge on any atom is -0.481 e. The van der Waals surface area contributed by atoms with Gasteiger partial charge < -0.3 is 19.7 Å². The van der Waals surface area contributed by atoms with Gasteiger partial charge in [-0.15, -0.1) is 11.3 Å². The minimum atomic E-state index is -4.66. The summed E-state index contributed by atoms with van der Waals surface area (Å²) in [6.07, 6.45) is 0.740. The summed E-state index contributed by atoms with van der Waals surface area (Å²) >= 11 is 1.42. The number of ether oxygens (including phenoxy) is 2. The molecule has 2 atom stereocenters. The van der Waals surface area contributed by atoms with Crippen molar-refractivity contribution in [2.24, 2.45) is 0 Å². The molecule has 0 aliphatic carbocycles. The monoisotopic (exact) mass is 547 g/mol. The zero-order valence-electron chi connectivity index (χ0n) is 20.5. The van der Waals surface area contributed by atoms with Crippen LogP contribution in [0.4, 0.5) is 18.9 Å². The molecule has 0 radical (unpaired) electrons. The maximum absolute atomic E-state index is 13.3. The van der Waals surface area contributed by atoms with Gasteiger partial charge in [0.05, 0.1) is 29.9 Å². The average Bonchev–Trinajstić information content (AvgIpc) is 3.56. The molecule has 4 heterocycles. The number of alkyl halides is 3. The number of carbonyl (C=O) groups is 2. The number of nitrogens with zero attached hydrogens (tertiary/aromatic N) is 4. The number of thiazole rings is 1. The molecular formula is C25H24F3N5O4S. The zero-order valence-corrected chi connectivity index (χ0v) is 21.4. The highest BCUT2D eigenvalue weighted by atomic mass is 32.1. The smallest absolute Gasteiger partial charge is 0.451 e. The molecule has 9 nitrogen and oxygen atoms in total. The van der Waals surface area contributed by atoms with Crippen LogP contribution >= 0.6 is 11.3 Å². The summed E-state index contributed by atoms with van der Waals surface area (Å²) in [4.78, 5) is 39.9. The van der Waals surface area contributed by atoms with Crippen molar-refractivity contribution in [1.82, 2.24) is 20.3 Å². The van der Waals surface area contributed by atoms with E-state index in [1.807, 2.05) is 6.92 Å². The van der Waals surface area contributed by atoms with Crippen molar-refractivity contribution in [3.63, 3.8) is 0 Å². The van der Waals surface area contributed by atoms with Crippen molar-refractivity contribution < 1.29 is 32.2 Å². The molecule has 2 aliphatic heterocycles. The van der Waals surface area contributed by atoms with E-state index in [1.165, 1.54) is 11.3 Å². The number of amides is 2. The number of hydrogen-bond acceptors (Lipinski definition) is 8. The van der Waals surface area contributed by atoms with E-state index in [4.69, 9.17) is 9.47 Å². The standard InChI is InChI=1S/C25H24F3N5O4S/c1-13-8-29-23(38-13)18-6-15(22(35)32-14(2)16-9-30-24(31-10-16)25(26,27)28)7-19-21(18)37-12-20(34)33(19)11-17-4-3-5-36-17/h6-10,14,17H,3-5,11-12H2,1-2H3,(H,32,35)/t14-,17+/m1/s1. The fourth-order valence-corrected chi connectivity index (χ4v) is 5.12. The van der Waals surface area contributed by atoms with Gasteiger partial charge in [-0.25, -0.2) is 15.0 Å². The topological polar surface area (TPSA) is 107 Å². The van der Waals surface area contributed by atoms with Gasteiger partial charge in [0.2, 0.25) is 5.82 Å². The number of aryl methyl sites for hydroxylation is 1. The average molecular weight is 548 g/mol. The Labute approximate surface area is 220 Å². The number of benzene rings is 1. The molecular weight excluding hydrogens is 523 g/mol. The van der Waals surface area contributed by atoms with Crippen LogP contribution in [0.25, 0.3) is 10.6 Å². The Kier molecular flexibility index (Phi) is 7.05. The molecule has 13 heteroatoms. The van der Waals surface area contributed by atoms with Gasteiger partial charge in [0.1, 0.15) is 5.01 Å². The first kappa shape index (κ1) is 26.0. The summed E-state index contributed by atoms with van der Waals surface area (Å²) in [5.41, 5.74) is 1.56. The van der Waals surface area contributed by atoms with E-state index in [9.17, 15) is 22.8 Å². The van der Waals surface area contributed by atoms with Gasteiger partial charge in [0, 0.05) is 41.2 Å². The van der Waals surface area contributed by atoms with Crippen LogP contribution in [0.3, 0.4) is 0 Å². The molecule has 1 saturated heterocycles. The van der Waals surface area contributed by atoms with Crippen LogP contribution in [0, 0.1) is 6.92 Å². The molecule has 5 rings (SSSR count). The van der Waals surface area contributed by atoms with Crippen LogP contribution in [0.15, 0.2) is 30.7 Å². The molecule has 200 valence electrons. The van der Waals surface area contributed by atoms with Crippen molar-refractivity contribution in [1.29, 1.82) is 0 Å². The molecule has 2 amide bonds. The third kappa shape index (κ3) is 5.34. The van der Waals surface area contributed by atoms with E-state index in [0.29, 0.717) is 40.7 Å². The fourth-order valence-electron chi connectivity index (χ4n) is 4.34. The first-order valence-electron chi connectivity index (χ1n) is 12.0. The van der Waals surface area contributed by atoms with E-state index in [-0.39, 0.29) is 24.2 Å². The van der Waals surface area contributed by atoms with Crippen LogP contribution < -0.4 is 15.0 Å². The quantitative estimate of drug-likeness (QED) is 0.490. The second-order valence-corrected chi connectivity index (χ2v) is 10.3. The van der Waals surface area contributed by atoms with E-state index in [0.717, 1.165) is 30.1 Å². The molecule has 3 aromatic rings. The maximum atomic E-state index is 13.3. The summed E-state index contributed by atoms with van der Waals surface area (Å²) < 4.78 is 50.0. The first-order chi connectivity index (χ1) is 18.1. The predicted octanol–water partition coefficient (Wildman–Crippen LogP) is 4.32. The Bertz CT molecular complexity index is 1360. The molecule has 1 N–H and O–H groups in total. The number of aromatic nitrogens is 3. The largest absolute Gasteiger partial charge is 0.481 e. The van der Waals surface area contributed by atoms with Crippen molar-refractivity contribution in [2.75, 3.05) is 24.7 Å². The molecule has 0 spiro atoms. The van der Waals surface area contributed by atoms with Gasteiger partial charge in [-0.1, -0.05) is 0 Å². The Morgan fingerprint density at radius 2 is 2.00 bits per heavy atom. The van der Waals surface area contributed by atoms with Gasteiger partial charge >= 0.3 is 6.18 Å². The number of fused-ring (bicyclic) bond motifs is 1. The lowest BCUT2D eigenvalue weighted by Crippen LogP contribution is -2.43. The number of rotatable bonds is 6. The van der Waals surface area contributed by atoms with Crippen LogP contribution in [0.2, 0.25) is 0 Å². The highest BCUT2D eigenvalue weighted by Gasteiger charge is 2.35. The SMILES string of the molecule is Cc1cnc(-c2cc(C(=O)N[C@H](C)c3cnc(C(F)(F)F)nc3)cc3c2OCC(=O)N3C[C@@H]2CCCO2)s1. The van der Waals surface area contributed by atoms with Gasteiger partial charge in [0.25, 0.3) is 11.8 Å². The second kappa shape index (κ2) is 10.3. The molecule has 0 saturated carbocycles. The van der Waals surface area contributed by atoms with Crippen molar-refractivity contribution >= 4 is 28.8 Å². The third-order valence-electron chi connectivity index (χ3n) is 6.30. The van der Waals surface area contributed by atoms with Crippen molar-refractivity contribution in [3.05, 3.63) is 52.6 Å². The molecule has 2 aromatic heterocycles. The van der Waals surface area contributed by atoms with Gasteiger partial charge in [0.15, 0.2) is 12.4 Å². The predicted molar refractivity (Wildman–Crippen MR) is 132 cm³/mol. The van der Waals surface area contributed by atoms with Crippen molar-refractivity contribution in [3.8, 4) is 16.3 Å². The number of carbonyl (C=O) groups excluding carboxylic acids is 2. The Morgan fingerprint density at radius 3 is 2.63 bits per heavy atom. The van der Waals surface area contributed by atoms with Gasteiger partial charge in [-0.3, -0.25) is 9.59 Å². The number of hydrogen-bond donors (Lipinski definition) is 1. The highest BCUT2D eigenvalue weighted by Crippen LogP contribution is 2.43. The summed E-state index contributed by atoms with van der Waals surface area (Å²) in [6.45, 7) is 4.34. The van der Waals surface area contributed by atoms with Crippen LogP contribution in [-0.2, 0) is 15.7 Å². The number of nitrogens with one attached hydrogen (secondary N) is 1. The Balaban J connectivity index is 1.48. The molecule has 0 unspecified atom stereocenters. The van der Waals surface area contributed by atoms with E-state index in [2.05, 4.69) is 20.3 Å². The molecule has 2 aliphatic rings. The van der Waals surface area contributed by atoms with Gasteiger partial charge in [-0.2, -0.15) is 13.2 Å². The summed E-state index contributed by atoms with van der Waals surface area (Å²) in [5, 5.41) is 3.40. The molecule has 0 bridgehead atoms. The van der Waals surface area contributed by atoms with Crippen molar-refractivity contribution in [2.45, 2.75) is 45.0 Å². The minimum absolute atomic E-state index is 0.118. The lowest BCUT2D eigenvalue weighted by atomic mass is 10.0. The van der Waals surface area contributed by atoms with Crippen LogP contribution in [0.5, 0.6) is 5.75 Å². The van der Waals surface area contributed by atoms with Crippen LogP contribution in [0.1, 0.15) is 52.4 Å². The zero-order chi connectivity index (χ0) is 27.0. The second-order valence-electron chi connectivity index (χ2n) is 9.11. The lowest BCUT2D eigenvalue weighted by molar-refractivity contribution is -0.145. The fraction of sp³-hybridized carbons (Fsp3) is 0.400. The summed E-state index contributed by atoms with van der Waals surface area (Å²) in [7, 11) is 0. The molecule has 38 heavy (non-hydrogen) atoms. The summed E-state index contributed by atoms with van der Waals surface area (Å²) in [6, 6.07) is 2.53. The van der Waals surface area contributed by atoms with E-state index >= 15 is 0 Å². The number of anilines is 1. The summed E-state index contributed by atoms with van der Waals surface area (Å²) in [5.74, 6) is -1.54. The highest BCUT2D eigenvalue weighted by molar-refractivity contribution is 7.15. The Morgan fingerprint density at radius 1 is 1.24 bits per heavy atom. The molecule has 1 aromatic carbocycles. The molecule has 1 fully saturated rings. The van der Waals surface area contributed by atoms with E-state index < -0.39 is 23.9 Å². The van der Waals surface area contributed by atoms with E-state index in [1.54, 1.807) is 30.2 Å². The third-order valence-corrected chi connectivity index (χ3v) is 7.24. The first-order valence-corrected chi connectivity index (χ1v) is 12.8. The van der Waals surface area contributed by atoms with Gasteiger partial charge in [-0.05, 0) is 38.8 Å². The maximum Gasteiger partial charge on any atom is 0.451 e. The number of halogens is 3. The Hall–Kier alpha value is -3.58. The van der Waals surface area contributed by atoms with Crippen LogP contribution in [-0.4, -0.2) is 52.6 Å². The lowest BCUT2D eigenvalue weighted by Gasteiger charge is -2.32. The normalized spacial score (nSPS) is 18.2.